The average Bonchev–Trinajstić information content (AvgIpc) is 4.53. The van der Waals surface area contributed by atoms with Crippen LogP contribution >= 0.6 is 0 Å². The Hall–Kier alpha value is -11.4. The molecule has 0 fully saturated rings. The molecule has 1 aliphatic heterocycles. The first-order chi connectivity index (χ1) is 41.7. The number of nitrogens with one attached hydrogen (secondary N) is 1. The molecule has 0 saturated heterocycles. The molecule has 0 radical (unpaired) electrons. The van der Waals surface area contributed by atoms with Gasteiger partial charge in [-0.2, -0.15) is 4.99 Å². The van der Waals surface area contributed by atoms with Gasteiger partial charge in [0.05, 0.1) is 83.3 Å². The van der Waals surface area contributed by atoms with E-state index < -0.39 is 6.17 Å². The minimum Gasteiger partial charge on any atom is -0.331 e. The zero-order chi connectivity index (χ0) is 54.7. The second kappa shape index (κ2) is 17.1. The molecule has 0 aliphatic carbocycles. The predicted molar refractivity (Wildman–Crippen MR) is 351 cm³/mol. The van der Waals surface area contributed by atoms with Gasteiger partial charge in [0.15, 0.2) is 0 Å². The Morgan fingerprint density at radius 3 is 0.881 bits per heavy atom. The Balaban J connectivity index is 0.963. The molecular weight excluding hydrogens is 1020 g/mol. The van der Waals surface area contributed by atoms with Crippen molar-refractivity contribution < 1.29 is 0 Å². The van der Waals surface area contributed by atoms with Crippen LogP contribution in [0.1, 0.15) is 6.17 Å². The topological polar surface area (TPSA) is 54.0 Å². The highest BCUT2D eigenvalue weighted by atomic mass is 15.3. The minimum atomic E-state index is -0.489. The molecule has 1 atom stereocenters. The maximum absolute atomic E-state index is 6.09. The molecule has 0 bridgehead atoms. The summed E-state index contributed by atoms with van der Waals surface area (Å²) in [5.74, 6) is 1.51. The molecular formula is C76H48N8. The summed E-state index contributed by atoms with van der Waals surface area (Å²) in [5.41, 5.74) is 16.6. The highest BCUT2D eigenvalue weighted by molar-refractivity contribution is 6.21. The van der Waals surface area contributed by atoms with E-state index >= 15 is 0 Å². The Morgan fingerprint density at radius 2 is 0.500 bits per heavy atom. The Morgan fingerprint density at radius 1 is 0.238 bits per heavy atom. The summed E-state index contributed by atoms with van der Waals surface area (Å²) in [4.78, 5) is 6.09. The number of aliphatic imine (C=N–C) groups is 1. The van der Waals surface area contributed by atoms with Crippen molar-refractivity contribution in [2.24, 2.45) is 4.99 Å². The predicted octanol–water partition coefficient (Wildman–Crippen LogP) is 18.8. The van der Waals surface area contributed by atoms with Crippen LogP contribution in [0.15, 0.2) is 284 Å². The van der Waals surface area contributed by atoms with Crippen LogP contribution in [0.3, 0.4) is 0 Å². The van der Waals surface area contributed by atoms with E-state index in [-0.39, 0.29) is 0 Å². The highest BCUT2D eigenvalue weighted by Gasteiger charge is 2.31. The van der Waals surface area contributed by atoms with Crippen molar-refractivity contribution in [1.29, 1.82) is 0 Å². The van der Waals surface area contributed by atoms with Crippen LogP contribution in [0.5, 0.6) is 0 Å². The second-order valence-corrected chi connectivity index (χ2v) is 22.3. The van der Waals surface area contributed by atoms with Gasteiger partial charge >= 0.3 is 0 Å². The average molecular weight is 1070 g/mol. The molecule has 0 spiro atoms. The summed E-state index contributed by atoms with van der Waals surface area (Å²) in [6.07, 6.45) is 1.88. The number of rotatable bonds is 5. The summed E-state index contributed by atoms with van der Waals surface area (Å²) in [6.45, 7) is 0. The van der Waals surface area contributed by atoms with Gasteiger partial charge in [-0.05, 0) is 72.8 Å². The lowest BCUT2D eigenvalue weighted by molar-refractivity contribution is 0.588. The molecule has 0 amide bonds. The molecule has 1 unspecified atom stereocenters. The first kappa shape index (κ1) is 45.4. The maximum atomic E-state index is 6.09. The largest absolute Gasteiger partial charge is 0.331 e. The second-order valence-electron chi connectivity index (χ2n) is 22.3. The number of hydrogen-bond donors (Lipinski definition) is 1. The van der Waals surface area contributed by atoms with Gasteiger partial charge in [0.2, 0.25) is 5.96 Å². The van der Waals surface area contributed by atoms with Gasteiger partial charge in [-0.25, -0.2) is 0 Å². The lowest BCUT2D eigenvalue weighted by Crippen LogP contribution is -2.38. The van der Waals surface area contributed by atoms with E-state index in [4.69, 9.17) is 4.99 Å². The molecule has 19 rings (SSSR count). The van der Waals surface area contributed by atoms with Crippen LogP contribution < -0.4 is 5.32 Å². The number of para-hydroxylation sites is 12. The standard InChI is InChI=1S/C76H48N8/c1-10-34-59-47(22-1)48-23-2-11-35-60(48)79(59)68-43-19-31-56-53-28-7-16-40-65(53)82(73(56)68)71-46-72(83-66-41-17-8-29-54(66)57-32-20-44-69(74(57)83)80-61-36-12-3-24-49(61)50-25-4-13-37-62(50)80)78-76(77-71)84-67-42-18-9-30-55(67)58-33-21-45-70(75(58)84)81-63-38-14-5-26-51(63)52-27-6-15-39-64(52)81/h1-46,71H,(H,77,78). The number of hydrogen-bond acceptors (Lipinski definition) is 2. The van der Waals surface area contributed by atoms with E-state index in [2.05, 4.69) is 312 Å². The van der Waals surface area contributed by atoms with Crippen LogP contribution in [0.4, 0.5) is 0 Å². The van der Waals surface area contributed by atoms with Crippen LogP contribution in [0.25, 0.3) is 154 Å². The molecule has 84 heavy (non-hydrogen) atoms. The Labute approximate surface area is 480 Å². The van der Waals surface area contributed by atoms with Gasteiger partial charge in [0.25, 0.3) is 0 Å². The molecule has 8 heteroatoms. The Kier molecular flexibility index (Phi) is 9.24. The van der Waals surface area contributed by atoms with E-state index in [0.29, 0.717) is 5.96 Å². The molecule has 8 nitrogen and oxygen atoms in total. The zero-order valence-electron chi connectivity index (χ0n) is 45.3. The summed E-state index contributed by atoms with van der Waals surface area (Å²) < 4.78 is 14.8. The molecule has 392 valence electrons. The minimum absolute atomic E-state index is 0.489. The van der Waals surface area contributed by atoms with Gasteiger partial charge in [0.1, 0.15) is 12.0 Å². The number of aromatic nitrogens is 6. The smallest absolute Gasteiger partial charge is 0.211 e. The number of benzene rings is 12. The number of fused-ring (bicyclic) bond motifs is 18. The Bertz CT molecular complexity index is 5770. The van der Waals surface area contributed by atoms with Gasteiger partial charge in [0, 0.05) is 70.7 Å². The monoisotopic (exact) mass is 1070 g/mol. The fourth-order valence-electron chi connectivity index (χ4n) is 14.7. The van der Waals surface area contributed by atoms with Crippen molar-refractivity contribution in [3.05, 3.63) is 279 Å². The van der Waals surface area contributed by atoms with E-state index in [9.17, 15) is 0 Å². The quantitative estimate of drug-likeness (QED) is 0.183. The van der Waals surface area contributed by atoms with E-state index in [1.54, 1.807) is 0 Å². The summed E-state index contributed by atoms with van der Waals surface area (Å²) in [7, 11) is 0. The van der Waals surface area contributed by atoms with Crippen molar-refractivity contribution in [1.82, 2.24) is 32.7 Å². The third-order valence-corrected chi connectivity index (χ3v) is 18.0. The first-order valence-electron chi connectivity index (χ1n) is 28.8. The fraction of sp³-hybridized carbons (Fsp3) is 0.0132. The zero-order valence-corrected chi connectivity index (χ0v) is 45.3. The van der Waals surface area contributed by atoms with Crippen molar-refractivity contribution in [2.75, 3.05) is 0 Å². The fourth-order valence-corrected chi connectivity index (χ4v) is 14.7. The maximum Gasteiger partial charge on any atom is 0.211 e. The molecule has 18 aromatic rings. The number of nitrogens with zero attached hydrogens (tertiary/aromatic N) is 7. The van der Waals surface area contributed by atoms with E-state index in [1.807, 2.05) is 0 Å². The first-order valence-corrected chi connectivity index (χ1v) is 28.8. The lowest BCUT2D eigenvalue weighted by Gasteiger charge is -2.29. The molecule has 1 N–H and O–H groups in total. The lowest BCUT2D eigenvalue weighted by atomic mass is 10.1. The van der Waals surface area contributed by atoms with Gasteiger partial charge in [-0.3, -0.25) is 9.13 Å². The summed E-state index contributed by atoms with van der Waals surface area (Å²) in [6, 6.07) is 99.8. The van der Waals surface area contributed by atoms with Gasteiger partial charge < -0.3 is 23.6 Å². The van der Waals surface area contributed by atoms with Crippen LogP contribution in [0.2, 0.25) is 0 Å². The SMILES string of the molecule is C1=C(n2c3ccccc3c3cccc(-n4c5ccccc5c5ccccc54)c32)N=C(n2c3ccccc3c3cccc(-n4c5ccccc5c5ccccc54)c32)NC1n1c2ccccc2c2cccc(-n3c4ccccc4c4ccccc43)c21. The normalized spacial score (nSPS) is 14.1. The van der Waals surface area contributed by atoms with Crippen molar-refractivity contribution in [3.63, 3.8) is 0 Å². The van der Waals surface area contributed by atoms with E-state index in [1.165, 1.54) is 43.1 Å². The molecule has 6 aromatic heterocycles. The summed E-state index contributed by atoms with van der Waals surface area (Å²) >= 11 is 0. The molecule has 12 aromatic carbocycles. The van der Waals surface area contributed by atoms with Gasteiger partial charge in [-0.1, -0.05) is 200 Å². The highest BCUT2D eigenvalue weighted by Crippen LogP contribution is 2.45. The molecule has 0 saturated carbocycles. The van der Waals surface area contributed by atoms with Crippen molar-refractivity contribution >= 4 is 143 Å². The molecule has 7 heterocycles. The molecule has 1 aliphatic rings. The third-order valence-electron chi connectivity index (χ3n) is 18.0. The van der Waals surface area contributed by atoms with Crippen molar-refractivity contribution in [3.8, 4) is 17.1 Å². The van der Waals surface area contributed by atoms with Crippen molar-refractivity contribution in [2.45, 2.75) is 6.17 Å². The van der Waals surface area contributed by atoms with Crippen LogP contribution in [-0.4, -0.2) is 33.4 Å². The van der Waals surface area contributed by atoms with Crippen LogP contribution in [0, 0.1) is 0 Å². The van der Waals surface area contributed by atoms with E-state index in [0.717, 1.165) is 111 Å². The summed E-state index contributed by atoms with van der Waals surface area (Å²) in [5, 5.41) is 18.5. The van der Waals surface area contributed by atoms with Crippen LogP contribution in [-0.2, 0) is 0 Å². The van der Waals surface area contributed by atoms with Gasteiger partial charge in [-0.15, -0.1) is 0 Å². The third kappa shape index (κ3) is 6.07.